The lowest BCUT2D eigenvalue weighted by Crippen LogP contribution is -2.36. The van der Waals surface area contributed by atoms with Gasteiger partial charge in [0.25, 0.3) is 0 Å². The average Bonchev–Trinajstić information content (AvgIpc) is 3.32. The second kappa shape index (κ2) is 8.31. The number of aromatic amines is 1. The molecule has 1 aliphatic rings. The third kappa shape index (κ3) is 4.78. The molecular formula is C24H24IN3O2. The van der Waals surface area contributed by atoms with Gasteiger partial charge in [0, 0.05) is 21.2 Å². The van der Waals surface area contributed by atoms with E-state index in [1.54, 1.807) is 4.90 Å². The van der Waals surface area contributed by atoms with Crippen molar-refractivity contribution >= 4 is 39.7 Å². The van der Waals surface area contributed by atoms with E-state index in [2.05, 4.69) is 39.4 Å². The van der Waals surface area contributed by atoms with E-state index < -0.39 is 5.60 Å². The summed E-state index contributed by atoms with van der Waals surface area (Å²) < 4.78 is 6.77. The van der Waals surface area contributed by atoms with Gasteiger partial charge in [-0.1, -0.05) is 11.8 Å². The van der Waals surface area contributed by atoms with Gasteiger partial charge in [-0.3, -0.25) is 4.90 Å². The van der Waals surface area contributed by atoms with Gasteiger partial charge in [0.15, 0.2) is 0 Å². The first-order valence-electron chi connectivity index (χ1n) is 10.1. The average molecular weight is 513 g/mol. The third-order valence-corrected chi connectivity index (χ3v) is 5.61. The Balaban J connectivity index is 1.56. The molecule has 1 atom stereocenters. The van der Waals surface area contributed by atoms with Crippen LogP contribution in [0.2, 0.25) is 0 Å². The van der Waals surface area contributed by atoms with Crippen LogP contribution in [0.25, 0.3) is 11.0 Å². The topological polar surface area (TPSA) is 58.2 Å². The van der Waals surface area contributed by atoms with E-state index in [9.17, 15) is 4.79 Å². The SMILES string of the molecule is CC(C)(C)OC(=O)N1CCCC1c1nc2ccc(C#Cc3ccc(I)cc3)cc2[nH]1. The zero-order valence-electron chi connectivity index (χ0n) is 17.3. The number of fused-ring (bicyclic) bond motifs is 1. The Bertz CT molecular complexity index is 1130. The standard InChI is InChI=1S/C24H24IN3O2/c1-24(2,3)30-23(29)28-14-4-5-21(28)22-26-19-13-10-17(15-20(19)27-22)7-6-16-8-11-18(25)12-9-16/h8-13,15,21H,4-5,14H2,1-3H3,(H,26,27). The number of nitrogens with one attached hydrogen (secondary N) is 1. The summed E-state index contributed by atoms with van der Waals surface area (Å²) in [5, 5.41) is 0. The van der Waals surface area contributed by atoms with Crippen LogP contribution in [0.1, 0.15) is 56.6 Å². The quantitative estimate of drug-likeness (QED) is 0.339. The van der Waals surface area contributed by atoms with Crippen LogP contribution < -0.4 is 0 Å². The second-order valence-electron chi connectivity index (χ2n) is 8.44. The number of hydrogen-bond acceptors (Lipinski definition) is 3. The van der Waals surface area contributed by atoms with Gasteiger partial charge < -0.3 is 9.72 Å². The maximum Gasteiger partial charge on any atom is 0.410 e. The fourth-order valence-corrected chi connectivity index (χ4v) is 3.89. The summed E-state index contributed by atoms with van der Waals surface area (Å²) in [6.07, 6.45) is 1.53. The predicted octanol–water partition coefficient (Wildman–Crippen LogP) is 5.64. The smallest absolute Gasteiger partial charge is 0.410 e. The Morgan fingerprint density at radius 1 is 1.17 bits per heavy atom. The van der Waals surface area contributed by atoms with E-state index in [4.69, 9.17) is 9.72 Å². The van der Waals surface area contributed by atoms with Crippen molar-refractivity contribution in [1.82, 2.24) is 14.9 Å². The van der Waals surface area contributed by atoms with Gasteiger partial charge in [0.05, 0.1) is 17.1 Å². The molecule has 2 heterocycles. The number of hydrogen-bond donors (Lipinski definition) is 1. The number of H-pyrrole nitrogens is 1. The van der Waals surface area contributed by atoms with Gasteiger partial charge >= 0.3 is 6.09 Å². The number of amides is 1. The van der Waals surface area contributed by atoms with Crippen molar-refractivity contribution in [3.05, 3.63) is 63.0 Å². The number of nitrogens with zero attached hydrogens (tertiary/aromatic N) is 2. The highest BCUT2D eigenvalue weighted by Crippen LogP contribution is 2.32. The highest BCUT2D eigenvalue weighted by atomic mass is 127. The van der Waals surface area contributed by atoms with Crippen LogP contribution in [0.15, 0.2) is 42.5 Å². The fraction of sp³-hybridized carbons (Fsp3) is 0.333. The summed E-state index contributed by atoms with van der Waals surface area (Å²) in [7, 11) is 0. The van der Waals surface area contributed by atoms with Crippen molar-refractivity contribution < 1.29 is 9.53 Å². The Morgan fingerprint density at radius 2 is 1.87 bits per heavy atom. The van der Waals surface area contributed by atoms with Crippen LogP contribution in [-0.2, 0) is 4.74 Å². The molecule has 1 fully saturated rings. The highest BCUT2D eigenvalue weighted by molar-refractivity contribution is 14.1. The molecule has 0 spiro atoms. The molecular weight excluding hydrogens is 489 g/mol. The maximum atomic E-state index is 12.6. The van der Waals surface area contributed by atoms with Crippen LogP contribution in [0.3, 0.4) is 0 Å². The van der Waals surface area contributed by atoms with E-state index in [0.717, 1.165) is 40.8 Å². The molecule has 30 heavy (non-hydrogen) atoms. The molecule has 0 radical (unpaired) electrons. The molecule has 0 saturated carbocycles. The Kier molecular flexibility index (Phi) is 5.74. The zero-order chi connectivity index (χ0) is 21.3. The van der Waals surface area contributed by atoms with Gasteiger partial charge in [-0.15, -0.1) is 0 Å². The Morgan fingerprint density at radius 3 is 2.60 bits per heavy atom. The molecule has 1 aromatic heterocycles. The molecule has 2 aromatic carbocycles. The number of benzene rings is 2. The van der Waals surface area contributed by atoms with Gasteiger partial charge in [0.1, 0.15) is 11.4 Å². The molecule has 1 amide bonds. The number of likely N-dealkylation sites (tertiary alicyclic amines) is 1. The second-order valence-corrected chi connectivity index (χ2v) is 9.69. The third-order valence-electron chi connectivity index (χ3n) is 4.89. The summed E-state index contributed by atoms with van der Waals surface area (Å²) in [4.78, 5) is 22.5. The summed E-state index contributed by atoms with van der Waals surface area (Å²) in [6.45, 7) is 6.34. The number of ether oxygens (including phenoxy) is 1. The molecule has 5 nitrogen and oxygen atoms in total. The van der Waals surface area contributed by atoms with Gasteiger partial charge in [-0.2, -0.15) is 0 Å². The van der Waals surface area contributed by atoms with E-state index >= 15 is 0 Å². The normalized spacial score (nSPS) is 16.4. The molecule has 154 valence electrons. The maximum absolute atomic E-state index is 12.6. The van der Waals surface area contributed by atoms with Crippen LogP contribution in [-0.4, -0.2) is 33.1 Å². The number of imidazole rings is 1. The van der Waals surface area contributed by atoms with Crippen molar-refractivity contribution in [2.75, 3.05) is 6.54 Å². The van der Waals surface area contributed by atoms with E-state index in [1.165, 1.54) is 3.57 Å². The molecule has 1 aliphatic heterocycles. The van der Waals surface area contributed by atoms with Crippen LogP contribution >= 0.6 is 22.6 Å². The lowest BCUT2D eigenvalue weighted by Gasteiger charge is -2.27. The highest BCUT2D eigenvalue weighted by Gasteiger charge is 2.34. The molecule has 6 heteroatoms. The van der Waals surface area contributed by atoms with Crippen molar-refractivity contribution in [2.24, 2.45) is 0 Å². The summed E-state index contributed by atoms with van der Waals surface area (Å²) in [5.74, 6) is 7.22. The van der Waals surface area contributed by atoms with Crippen LogP contribution in [0.4, 0.5) is 4.79 Å². The minimum absolute atomic E-state index is 0.0893. The Hall–Kier alpha value is -2.53. The van der Waals surface area contributed by atoms with E-state index in [-0.39, 0.29) is 12.1 Å². The first-order chi connectivity index (χ1) is 14.3. The van der Waals surface area contributed by atoms with Crippen molar-refractivity contribution in [3.63, 3.8) is 0 Å². The van der Waals surface area contributed by atoms with E-state index in [1.807, 2.05) is 63.2 Å². The van der Waals surface area contributed by atoms with Gasteiger partial charge in [-0.05, 0) is 98.7 Å². The lowest BCUT2D eigenvalue weighted by atomic mass is 10.1. The molecule has 1 N–H and O–H groups in total. The molecule has 3 aromatic rings. The molecule has 0 bridgehead atoms. The molecule has 1 saturated heterocycles. The number of carbonyl (C=O) groups is 1. The number of halogens is 1. The van der Waals surface area contributed by atoms with Crippen molar-refractivity contribution in [2.45, 2.75) is 45.3 Å². The van der Waals surface area contributed by atoms with Crippen LogP contribution in [0, 0.1) is 15.4 Å². The van der Waals surface area contributed by atoms with Gasteiger partial charge in [0.2, 0.25) is 0 Å². The first-order valence-corrected chi connectivity index (χ1v) is 11.1. The van der Waals surface area contributed by atoms with Crippen LogP contribution in [0.5, 0.6) is 0 Å². The van der Waals surface area contributed by atoms with Crippen molar-refractivity contribution in [1.29, 1.82) is 0 Å². The summed E-state index contributed by atoms with van der Waals surface area (Å²) >= 11 is 2.28. The number of aromatic nitrogens is 2. The zero-order valence-corrected chi connectivity index (χ0v) is 19.5. The Labute approximate surface area is 190 Å². The lowest BCUT2D eigenvalue weighted by molar-refractivity contribution is 0.0219. The number of rotatable bonds is 1. The summed E-state index contributed by atoms with van der Waals surface area (Å²) in [5.41, 5.74) is 3.20. The predicted molar refractivity (Wildman–Crippen MR) is 126 cm³/mol. The molecule has 1 unspecified atom stereocenters. The fourth-order valence-electron chi connectivity index (χ4n) is 3.53. The minimum atomic E-state index is -0.511. The van der Waals surface area contributed by atoms with Gasteiger partial charge in [-0.25, -0.2) is 9.78 Å². The van der Waals surface area contributed by atoms with Crippen molar-refractivity contribution in [3.8, 4) is 11.8 Å². The minimum Gasteiger partial charge on any atom is -0.444 e. The number of carbonyl (C=O) groups excluding carboxylic acids is 1. The largest absolute Gasteiger partial charge is 0.444 e. The monoisotopic (exact) mass is 513 g/mol. The van der Waals surface area contributed by atoms with E-state index in [0.29, 0.717) is 6.54 Å². The molecule has 0 aliphatic carbocycles. The summed E-state index contributed by atoms with van der Waals surface area (Å²) in [6, 6.07) is 14.0. The molecule has 4 rings (SSSR count). The first kappa shape index (κ1) is 20.7.